The average molecular weight is 327 g/mol. The van der Waals surface area contributed by atoms with E-state index in [0.717, 1.165) is 33.7 Å². The minimum Gasteiger partial charge on any atom is -0.290 e. The van der Waals surface area contributed by atoms with Gasteiger partial charge in [0.15, 0.2) is 4.96 Å². The van der Waals surface area contributed by atoms with Crippen molar-refractivity contribution in [3.63, 3.8) is 0 Å². The minimum atomic E-state index is -0.362. The number of nitrogens with zero attached hydrogens (tertiary/aromatic N) is 2. The number of imide groups is 1. The first-order chi connectivity index (χ1) is 10.7. The molecule has 0 radical (unpaired) electrons. The summed E-state index contributed by atoms with van der Waals surface area (Å²) in [6.45, 7) is 0. The maximum absolute atomic E-state index is 11.8. The average Bonchev–Trinajstić information content (AvgIpc) is 3.17. The van der Waals surface area contributed by atoms with Gasteiger partial charge in [0.1, 0.15) is 0 Å². The zero-order chi connectivity index (χ0) is 15.1. The lowest BCUT2D eigenvalue weighted by Gasteiger charge is -2.00. The molecule has 2 amide bonds. The number of fused-ring (bicyclic) bond motifs is 1. The van der Waals surface area contributed by atoms with Gasteiger partial charge in [-0.25, -0.2) is 4.98 Å². The molecule has 2 aromatic heterocycles. The van der Waals surface area contributed by atoms with E-state index in [9.17, 15) is 9.59 Å². The van der Waals surface area contributed by atoms with Crippen molar-refractivity contribution in [1.82, 2.24) is 14.7 Å². The van der Waals surface area contributed by atoms with Crippen LogP contribution in [0.3, 0.4) is 0 Å². The Kier molecular flexibility index (Phi) is 3.09. The Morgan fingerprint density at radius 2 is 2.00 bits per heavy atom. The molecule has 4 rings (SSSR count). The van der Waals surface area contributed by atoms with Crippen molar-refractivity contribution in [1.29, 1.82) is 0 Å². The third-order valence-electron chi connectivity index (χ3n) is 3.26. The van der Waals surface area contributed by atoms with Crippen molar-refractivity contribution < 1.29 is 9.59 Å². The van der Waals surface area contributed by atoms with Gasteiger partial charge in [-0.3, -0.25) is 19.3 Å². The number of amides is 2. The van der Waals surface area contributed by atoms with Crippen LogP contribution in [-0.4, -0.2) is 20.5 Å². The molecule has 1 aliphatic heterocycles. The Morgan fingerprint density at radius 3 is 2.73 bits per heavy atom. The Labute approximate surface area is 133 Å². The zero-order valence-electron chi connectivity index (χ0n) is 11.1. The SMILES string of the molecule is O=C1NC(=O)/C(=C/c2c(-c3ccccc3)nc3sccn23)S1. The summed E-state index contributed by atoms with van der Waals surface area (Å²) < 4.78 is 1.93. The van der Waals surface area contributed by atoms with E-state index in [1.54, 1.807) is 6.08 Å². The van der Waals surface area contributed by atoms with Crippen molar-refractivity contribution in [2.24, 2.45) is 0 Å². The van der Waals surface area contributed by atoms with Gasteiger partial charge in [-0.05, 0) is 17.8 Å². The molecule has 0 atom stereocenters. The molecular formula is C15H9N3O2S2. The van der Waals surface area contributed by atoms with E-state index in [1.807, 2.05) is 46.3 Å². The molecule has 22 heavy (non-hydrogen) atoms. The molecule has 1 fully saturated rings. The monoisotopic (exact) mass is 327 g/mol. The lowest BCUT2D eigenvalue weighted by atomic mass is 10.1. The summed E-state index contributed by atoms with van der Waals surface area (Å²) in [5, 5.41) is 3.86. The smallest absolute Gasteiger partial charge is 0.290 e. The van der Waals surface area contributed by atoms with Gasteiger partial charge in [0, 0.05) is 17.1 Å². The Bertz CT molecular complexity index is 925. The van der Waals surface area contributed by atoms with Gasteiger partial charge in [-0.15, -0.1) is 11.3 Å². The Morgan fingerprint density at radius 1 is 1.18 bits per heavy atom. The molecule has 0 spiro atoms. The van der Waals surface area contributed by atoms with Crippen LogP contribution >= 0.6 is 23.1 Å². The summed E-state index contributed by atoms with van der Waals surface area (Å²) in [7, 11) is 0. The first-order valence-electron chi connectivity index (χ1n) is 6.48. The van der Waals surface area contributed by atoms with Crippen LogP contribution in [0.5, 0.6) is 0 Å². The van der Waals surface area contributed by atoms with E-state index >= 15 is 0 Å². The van der Waals surface area contributed by atoms with Gasteiger partial charge < -0.3 is 0 Å². The van der Waals surface area contributed by atoms with Crippen LogP contribution < -0.4 is 5.32 Å². The van der Waals surface area contributed by atoms with Crippen molar-refractivity contribution in [3.8, 4) is 11.3 Å². The molecule has 7 heteroatoms. The molecule has 108 valence electrons. The number of carbonyl (C=O) groups excluding carboxylic acids is 2. The number of nitrogens with one attached hydrogen (secondary N) is 1. The second-order valence-electron chi connectivity index (χ2n) is 4.62. The highest BCUT2D eigenvalue weighted by molar-refractivity contribution is 8.18. The van der Waals surface area contributed by atoms with Crippen molar-refractivity contribution in [2.75, 3.05) is 0 Å². The third kappa shape index (κ3) is 2.15. The number of imidazole rings is 1. The van der Waals surface area contributed by atoms with E-state index in [1.165, 1.54) is 11.3 Å². The highest BCUT2D eigenvalue weighted by Gasteiger charge is 2.26. The summed E-state index contributed by atoms with van der Waals surface area (Å²) in [4.78, 5) is 29.0. The number of aromatic nitrogens is 2. The summed E-state index contributed by atoms with van der Waals surface area (Å²) >= 11 is 2.44. The number of rotatable bonds is 2. The highest BCUT2D eigenvalue weighted by atomic mass is 32.2. The lowest BCUT2D eigenvalue weighted by molar-refractivity contribution is -0.115. The van der Waals surface area contributed by atoms with Gasteiger partial charge in [-0.1, -0.05) is 30.3 Å². The second kappa shape index (κ2) is 5.11. The summed E-state index contributed by atoms with van der Waals surface area (Å²) in [5.41, 5.74) is 2.57. The van der Waals surface area contributed by atoms with Crippen molar-refractivity contribution in [3.05, 3.63) is 52.5 Å². The van der Waals surface area contributed by atoms with Gasteiger partial charge in [0.05, 0.1) is 16.3 Å². The summed E-state index contributed by atoms with van der Waals surface area (Å²) in [6, 6.07) is 9.78. The molecule has 1 aliphatic rings. The lowest BCUT2D eigenvalue weighted by Crippen LogP contribution is -2.17. The molecule has 0 saturated carbocycles. The zero-order valence-corrected chi connectivity index (χ0v) is 12.8. The predicted molar refractivity (Wildman–Crippen MR) is 87.6 cm³/mol. The largest absolute Gasteiger partial charge is 0.290 e. The maximum Gasteiger partial charge on any atom is 0.290 e. The molecule has 3 heterocycles. The second-order valence-corrected chi connectivity index (χ2v) is 6.51. The fourth-order valence-electron chi connectivity index (χ4n) is 2.29. The van der Waals surface area contributed by atoms with Crippen LogP contribution in [-0.2, 0) is 4.79 Å². The number of thioether (sulfide) groups is 1. The van der Waals surface area contributed by atoms with Gasteiger partial charge >= 0.3 is 0 Å². The van der Waals surface area contributed by atoms with Gasteiger partial charge in [0.2, 0.25) is 0 Å². The number of carbonyl (C=O) groups is 2. The standard InChI is InChI=1S/C15H9N3O2S2/c19-13-11(22-15(20)17-13)8-10-12(9-4-2-1-3-5-9)16-14-18(10)6-7-21-14/h1-8H,(H,17,19,20)/b11-8-. The Balaban J connectivity index is 1.92. The number of hydrogen-bond acceptors (Lipinski definition) is 5. The van der Waals surface area contributed by atoms with E-state index in [4.69, 9.17) is 0 Å². The first kappa shape index (κ1) is 13.3. The van der Waals surface area contributed by atoms with E-state index < -0.39 is 0 Å². The maximum atomic E-state index is 11.8. The fraction of sp³-hybridized carbons (Fsp3) is 0. The molecule has 5 nitrogen and oxygen atoms in total. The predicted octanol–water partition coefficient (Wildman–Crippen LogP) is 3.39. The normalized spacial score (nSPS) is 16.6. The molecule has 3 aromatic rings. The van der Waals surface area contributed by atoms with Crippen LogP contribution in [0.1, 0.15) is 5.69 Å². The molecule has 0 bridgehead atoms. The number of benzene rings is 1. The topological polar surface area (TPSA) is 63.5 Å². The highest BCUT2D eigenvalue weighted by Crippen LogP contribution is 2.32. The number of hydrogen-bond donors (Lipinski definition) is 1. The summed E-state index contributed by atoms with van der Waals surface area (Å²) in [6.07, 6.45) is 3.63. The van der Waals surface area contributed by atoms with Crippen LogP contribution in [0, 0.1) is 0 Å². The van der Waals surface area contributed by atoms with Gasteiger partial charge in [0.25, 0.3) is 11.1 Å². The van der Waals surface area contributed by atoms with Crippen LogP contribution in [0.4, 0.5) is 4.79 Å². The van der Waals surface area contributed by atoms with Crippen LogP contribution in [0.2, 0.25) is 0 Å². The number of thiazole rings is 1. The molecule has 0 unspecified atom stereocenters. The summed E-state index contributed by atoms with van der Waals surface area (Å²) in [5.74, 6) is -0.362. The van der Waals surface area contributed by atoms with Crippen molar-refractivity contribution >= 4 is 45.3 Å². The third-order valence-corrected chi connectivity index (χ3v) is 4.82. The first-order valence-corrected chi connectivity index (χ1v) is 8.18. The quantitative estimate of drug-likeness (QED) is 0.733. The van der Waals surface area contributed by atoms with E-state index in [-0.39, 0.29) is 11.1 Å². The minimum absolute atomic E-state index is 0.344. The molecule has 1 aromatic carbocycles. The molecule has 1 saturated heterocycles. The molecule has 0 aliphatic carbocycles. The van der Waals surface area contributed by atoms with E-state index in [0.29, 0.717) is 4.91 Å². The van der Waals surface area contributed by atoms with E-state index in [2.05, 4.69) is 10.3 Å². The fourth-order valence-corrected chi connectivity index (χ4v) is 3.67. The molecular weight excluding hydrogens is 318 g/mol. The van der Waals surface area contributed by atoms with Crippen LogP contribution in [0.15, 0.2) is 46.8 Å². The van der Waals surface area contributed by atoms with Gasteiger partial charge in [-0.2, -0.15) is 0 Å². The Hall–Kier alpha value is -2.38. The van der Waals surface area contributed by atoms with Crippen LogP contribution in [0.25, 0.3) is 22.3 Å². The van der Waals surface area contributed by atoms with Crippen molar-refractivity contribution in [2.45, 2.75) is 0 Å². The molecule has 1 N–H and O–H groups in total.